The van der Waals surface area contributed by atoms with Crippen molar-refractivity contribution >= 4 is 17.8 Å². The number of likely N-dealkylation sites (tertiary alicyclic amines) is 1. The normalized spacial score (nSPS) is 24.3. The number of amides is 4. The highest BCUT2D eigenvalue weighted by atomic mass is 16.2. The maximum Gasteiger partial charge on any atom is 0.344 e. The molecule has 3 heterocycles. The van der Waals surface area contributed by atoms with Crippen molar-refractivity contribution in [1.29, 1.82) is 0 Å². The minimum atomic E-state index is -1.16. The van der Waals surface area contributed by atoms with E-state index in [-0.39, 0.29) is 18.5 Å². The van der Waals surface area contributed by atoms with Gasteiger partial charge in [-0.25, -0.2) is 4.79 Å². The van der Waals surface area contributed by atoms with E-state index in [9.17, 15) is 14.4 Å². The van der Waals surface area contributed by atoms with E-state index < -0.39 is 17.5 Å². The van der Waals surface area contributed by atoms with Crippen LogP contribution in [-0.4, -0.2) is 45.4 Å². The van der Waals surface area contributed by atoms with E-state index in [2.05, 4.69) is 26.3 Å². The number of hydrogen-bond acceptors (Lipinski definition) is 4. The van der Waals surface area contributed by atoms with Crippen LogP contribution in [0, 0.1) is 0 Å². The van der Waals surface area contributed by atoms with E-state index in [1.54, 1.807) is 0 Å². The standard InChI is InChI=1S/C22H27N5O3/c1-3-22(16-9-5-4-6-10-16)20(29)27(21(30)23-22)24-19(28)15-26-14-8-12-18(26)17-11-7-13-25(17)2/h4-7,9-11,13,18H,3,8,12,14-15H2,1-2H3,(H,23,30)(H,24,28)/t18-,22-/m1/s1. The summed E-state index contributed by atoms with van der Waals surface area (Å²) in [5.74, 6) is -0.838. The molecule has 0 aliphatic carbocycles. The quantitative estimate of drug-likeness (QED) is 0.715. The number of carbonyl (C=O) groups is 3. The third-order valence-electron chi connectivity index (χ3n) is 6.16. The predicted octanol–water partition coefficient (Wildman–Crippen LogP) is 2.05. The maximum atomic E-state index is 13.1. The Morgan fingerprint density at radius 2 is 1.97 bits per heavy atom. The van der Waals surface area contributed by atoms with Crippen molar-refractivity contribution in [2.24, 2.45) is 7.05 Å². The van der Waals surface area contributed by atoms with Gasteiger partial charge in [0.2, 0.25) is 0 Å². The SMILES string of the molecule is CC[C@]1(c2ccccc2)NC(=O)N(NC(=O)CN2CCC[C@@H]2c2cccn2C)C1=O. The van der Waals surface area contributed by atoms with Crippen LogP contribution in [0.2, 0.25) is 0 Å². The molecule has 0 spiro atoms. The molecule has 158 valence electrons. The van der Waals surface area contributed by atoms with Crippen molar-refractivity contribution in [3.05, 3.63) is 59.9 Å². The Bertz CT molecular complexity index is 957. The molecule has 4 amide bonds. The van der Waals surface area contributed by atoms with E-state index in [0.29, 0.717) is 12.0 Å². The van der Waals surface area contributed by atoms with Gasteiger partial charge in [0.05, 0.1) is 12.6 Å². The van der Waals surface area contributed by atoms with Gasteiger partial charge in [-0.1, -0.05) is 37.3 Å². The first-order valence-electron chi connectivity index (χ1n) is 10.3. The monoisotopic (exact) mass is 409 g/mol. The number of nitrogens with one attached hydrogen (secondary N) is 2. The van der Waals surface area contributed by atoms with Gasteiger partial charge >= 0.3 is 6.03 Å². The molecule has 0 saturated carbocycles. The summed E-state index contributed by atoms with van der Waals surface area (Å²) in [6.45, 7) is 2.76. The number of rotatable bonds is 6. The molecule has 30 heavy (non-hydrogen) atoms. The first kappa shape index (κ1) is 20.2. The lowest BCUT2D eigenvalue weighted by molar-refractivity contribution is -0.140. The summed E-state index contributed by atoms with van der Waals surface area (Å²) >= 11 is 0. The van der Waals surface area contributed by atoms with Crippen LogP contribution in [0.5, 0.6) is 0 Å². The Hall–Kier alpha value is -3.13. The molecule has 2 aromatic rings. The average Bonchev–Trinajstić information content (AvgIpc) is 3.43. The molecule has 2 N–H and O–H groups in total. The van der Waals surface area contributed by atoms with Gasteiger partial charge in [-0.3, -0.25) is 19.9 Å². The topological polar surface area (TPSA) is 86.7 Å². The minimum Gasteiger partial charge on any atom is -0.353 e. The van der Waals surface area contributed by atoms with Gasteiger partial charge in [0.25, 0.3) is 11.8 Å². The first-order chi connectivity index (χ1) is 14.5. The Kier molecular flexibility index (Phi) is 5.34. The van der Waals surface area contributed by atoms with Crippen LogP contribution in [0.4, 0.5) is 4.79 Å². The van der Waals surface area contributed by atoms with Crippen LogP contribution in [0.3, 0.4) is 0 Å². The van der Waals surface area contributed by atoms with Crippen LogP contribution in [-0.2, 0) is 22.2 Å². The van der Waals surface area contributed by atoms with E-state index in [1.165, 1.54) is 0 Å². The molecular weight excluding hydrogens is 382 g/mol. The lowest BCUT2D eigenvalue weighted by Gasteiger charge is -2.27. The van der Waals surface area contributed by atoms with E-state index >= 15 is 0 Å². The van der Waals surface area contributed by atoms with Crippen molar-refractivity contribution in [2.75, 3.05) is 13.1 Å². The van der Waals surface area contributed by atoms with E-state index in [4.69, 9.17) is 0 Å². The second-order valence-electron chi connectivity index (χ2n) is 7.90. The summed E-state index contributed by atoms with van der Waals surface area (Å²) in [4.78, 5) is 40.6. The maximum absolute atomic E-state index is 13.1. The molecule has 8 nitrogen and oxygen atoms in total. The minimum absolute atomic E-state index is 0.122. The molecule has 2 aliphatic heterocycles. The highest BCUT2D eigenvalue weighted by Crippen LogP contribution is 2.33. The van der Waals surface area contributed by atoms with E-state index in [1.807, 2.05) is 56.6 Å². The second kappa shape index (κ2) is 7.95. The molecule has 0 radical (unpaired) electrons. The number of aromatic nitrogens is 1. The zero-order chi connectivity index (χ0) is 21.3. The molecule has 2 aliphatic rings. The van der Waals surface area contributed by atoms with Gasteiger partial charge in [-0.2, -0.15) is 5.01 Å². The lowest BCUT2D eigenvalue weighted by atomic mass is 9.87. The Morgan fingerprint density at radius 3 is 2.63 bits per heavy atom. The largest absolute Gasteiger partial charge is 0.353 e. The van der Waals surface area contributed by atoms with Gasteiger partial charge in [-0.05, 0) is 43.5 Å². The number of hydrazine groups is 1. The summed E-state index contributed by atoms with van der Waals surface area (Å²) in [5, 5.41) is 3.60. The molecule has 0 unspecified atom stereocenters. The number of aryl methyl sites for hydroxylation is 1. The Balaban J connectivity index is 1.46. The molecule has 2 saturated heterocycles. The number of carbonyl (C=O) groups excluding carboxylic acids is 3. The lowest BCUT2D eigenvalue weighted by Crippen LogP contribution is -2.51. The van der Waals surface area contributed by atoms with Crippen LogP contribution in [0.15, 0.2) is 48.7 Å². The fourth-order valence-corrected chi connectivity index (χ4v) is 4.55. The molecule has 8 heteroatoms. The van der Waals surface area contributed by atoms with Crippen molar-refractivity contribution in [3.63, 3.8) is 0 Å². The van der Waals surface area contributed by atoms with Crippen molar-refractivity contribution in [2.45, 2.75) is 37.8 Å². The number of hydrogen-bond donors (Lipinski definition) is 2. The molecule has 2 atom stereocenters. The van der Waals surface area contributed by atoms with Crippen molar-refractivity contribution in [1.82, 2.24) is 25.2 Å². The third-order valence-corrected chi connectivity index (χ3v) is 6.16. The van der Waals surface area contributed by atoms with Crippen LogP contribution >= 0.6 is 0 Å². The summed E-state index contributed by atoms with van der Waals surface area (Å²) in [5.41, 5.74) is 3.22. The second-order valence-corrected chi connectivity index (χ2v) is 7.90. The van der Waals surface area contributed by atoms with Crippen molar-refractivity contribution in [3.8, 4) is 0 Å². The summed E-state index contributed by atoms with van der Waals surface area (Å²) < 4.78 is 2.06. The van der Waals surface area contributed by atoms with Crippen molar-refractivity contribution < 1.29 is 14.4 Å². The molecule has 2 fully saturated rings. The number of imide groups is 1. The fourth-order valence-electron chi connectivity index (χ4n) is 4.55. The van der Waals surface area contributed by atoms with Gasteiger partial charge in [-0.15, -0.1) is 0 Å². The Labute approximate surface area is 175 Å². The molecule has 4 rings (SSSR count). The average molecular weight is 409 g/mol. The number of benzene rings is 1. The van der Waals surface area contributed by atoms with Gasteiger partial charge < -0.3 is 9.88 Å². The van der Waals surface area contributed by atoms with Crippen LogP contribution in [0.1, 0.15) is 43.5 Å². The zero-order valence-corrected chi connectivity index (χ0v) is 17.3. The van der Waals surface area contributed by atoms with Gasteiger partial charge in [0.1, 0.15) is 5.54 Å². The van der Waals surface area contributed by atoms with Gasteiger partial charge in [0.15, 0.2) is 0 Å². The summed E-state index contributed by atoms with van der Waals surface area (Å²) in [6, 6.07) is 12.7. The van der Waals surface area contributed by atoms with Gasteiger partial charge in [0, 0.05) is 18.9 Å². The molecule has 1 aromatic heterocycles. The van der Waals surface area contributed by atoms with Crippen LogP contribution in [0.25, 0.3) is 0 Å². The Morgan fingerprint density at radius 1 is 1.20 bits per heavy atom. The first-order valence-corrected chi connectivity index (χ1v) is 10.3. The third kappa shape index (κ3) is 3.37. The summed E-state index contributed by atoms with van der Waals surface area (Å²) in [6.07, 6.45) is 4.35. The fraction of sp³-hybridized carbons (Fsp3) is 0.409. The predicted molar refractivity (Wildman–Crippen MR) is 111 cm³/mol. The van der Waals surface area contributed by atoms with E-state index in [0.717, 1.165) is 30.1 Å². The highest BCUT2D eigenvalue weighted by Gasteiger charge is 2.52. The number of urea groups is 1. The molecule has 1 aromatic carbocycles. The molecular formula is C22H27N5O3. The number of nitrogens with zero attached hydrogens (tertiary/aromatic N) is 3. The molecule has 0 bridgehead atoms. The summed E-state index contributed by atoms with van der Waals surface area (Å²) in [7, 11) is 1.99. The smallest absolute Gasteiger partial charge is 0.344 e. The van der Waals surface area contributed by atoms with Crippen LogP contribution < -0.4 is 10.7 Å². The zero-order valence-electron chi connectivity index (χ0n) is 17.3. The highest BCUT2D eigenvalue weighted by molar-refractivity contribution is 6.08.